The highest BCUT2D eigenvalue weighted by Gasteiger charge is 2.11. The average molecular weight is 329 g/mol. The third kappa shape index (κ3) is 4.99. The average Bonchev–Trinajstić information content (AvgIpc) is 2.59. The molecule has 5 nitrogen and oxygen atoms in total. The van der Waals surface area contributed by atoms with Crippen molar-refractivity contribution in [2.45, 2.75) is 20.0 Å². The van der Waals surface area contributed by atoms with Crippen LogP contribution in [0.25, 0.3) is 0 Å². The van der Waals surface area contributed by atoms with Crippen LogP contribution < -0.4 is 14.8 Å². The number of hydrogen-bond donors (Lipinski definition) is 2. The Kier molecular flexibility index (Phi) is 6.21. The minimum Gasteiger partial charge on any atom is -0.493 e. The minimum atomic E-state index is -0.677. The molecule has 0 heterocycles. The molecule has 2 aromatic carbocycles. The van der Waals surface area contributed by atoms with E-state index >= 15 is 0 Å². The molecule has 0 amide bonds. The Bertz CT molecular complexity index is 682. The predicted octanol–water partition coefficient (Wildman–Crippen LogP) is 3.06. The zero-order chi connectivity index (χ0) is 17.5. The molecule has 0 saturated carbocycles. The molecule has 2 aromatic rings. The number of carbonyl (C=O) groups excluding carboxylic acids is 1. The normalized spacial score (nSPS) is 11.7. The second kappa shape index (κ2) is 8.36. The van der Waals surface area contributed by atoms with Gasteiger partial charge in [0, 0.05) is 17.8 Å². The Morgan fingerprint density at radius 1 is 1.17 bits per heavy atom. The van der Waals surface area contributed by atoms with Crippen molar-refractivity contribution in [3.05, 3.63) is 53.6 Å². The predicted molar refractivity (Wildman–Crippen MR) is 94.2 cm³/mol. The van der Waals surface area contributed by atoms with Gasteiger partial charge >= 0.3 is 0 Å². The minimum absolute atomic E-state index is 0.0396. The number of benzene rings is 2. The topological polar surface area (TPSA) is 67.8 Å². The SMILES string of the molecule is COc1cc(C(C)=O)ccc1OC[C@H](O)CNc1ccc(C)cc1. The first-order valence-electron chi connectivity index (χ1n) is 7.80. The lowest BCUT2D eigenvalue weighted by Crippen LogP contribution is -2.26. The summed E-state index contributed by atoms with van der Waals surface area (Å²) in [4.78, 5) is 11.4. The van der Waals surface area contributed by atoms with Gasteiger partial charge in [-0.05, 0) is 44.2 Å². The fraction of sp³-hybridized carbons (Fsp3) is 0.316. The maximum atomic E-state index is 11.4. The maximum absolute atomic E-state index is 11.4. The van der Waals surface area contributed by atoms with Gasteiger partial charge in [0.1, 0.15) is 12.7 Å². The van der Waals surface area contributed by atoms with Crippen molar-refractivity contribution in [1.82, 2.24) is 0 Å². The number of nitrogens with one attached hydrogen (secondary N) is 1. The summed E-state index contributed by atoms with van der Waals surface area (Å²) in [6, 6.07) is 12.9. The van der Waals surface area contributed by atoms with Crippen molar-refractivity contribution < 1.29 is 19.4 Å². The van der Waals surface area contributed by atoms with Crippen LogP contribution in [-0.4, -0.2) is 37.3 Å². The molecule has 0 unspecified atom stereocenters. The smallest absolute Gasteiger partial charge is 0.161 e. The molecule has 0 aromatic heterocycles. The van der Waals surface area contributed by atoms with E-state index in [9.17, 15) is 9.90 Å². The summed E-state index contributed by atoms with van der Waals surface area (Å²) in [5.74, 6) is 0.931. The first-order valence-corrected chi connectivity index (χ1v) is 7.80. The Morgan fingerprint density at radius 3 is 2.50 bits per heavy atom. The Labute approximate surface area is 142 Å². The zero-order valence-corrected chi connectivity index (χ0v) is 14.2. The molecule has 0 aliphatic rings. The Balaban J connectivity index is 1.88. The Hall–Kier alpha value is -2.53. The van der Waals surface area contributed by atoms with Gasteiger partial charge in [0.25, 0.3) is 0 Å². The molecule has 128 valence electrons. The number of methoxy groups -OCH3 is 1. The van der Waals surface area contributed by atoms with Crippen LogP contribution in [0.3, 0.4) is 0 Å². The van der Waals surface area contributed by atoms with Crippen molar-refractivity contribution in [2.75, 3.05) is 25.6 Å². The molecule has 5 heteroatoms. The molecule has 0 aliphatic heterocycles. The lowest BCUT2D eigenvalue weighted by atomic mass is 10.1. The standard InChI is InChI=1S/C19H23NO4/c1-13-4-7-16(8-5-13)20-11-17(22)12-24-18-9-6-15(14(2)21)10-19(18)23-3/h4-10,17,20,22H,11-12H2,1-3H3/t17-/m1/s1. The van der Waals surface area contributed by atoms with Gasteiger partial charge in [-0.2, -0.15) is 0 Å². The molecule has 2 N–H and O–H groups in total. The van der Waals surface area contributed by atoms with Gasteiger partial charge in [-0.15, -0.1) is 0 Å². The van der Waals surface area contributed by atoms with Crippen molar-refractivity contribution in [1.29, 1.82) is 0 Å². The molecule has 1 atom stereocenters. The first kappa shape index (κ1) is 17.8. The van der Waals surface area contributed by atoms with Crippen LogP contribution in [0.5, 0.6) is 11.5 Å². The van der Waals surface area contributed by atoms with Crippen LogP contribution in [0.15, 0.2) is 42.5 Å². The summed E-state index contributed by atoms with van der Waals surface area (Å²) in [5.41, 5.74) is 2.69. The van der Waals surface area contributed by atoms with E-state index < -0.39 is 6.10 Å². The monoisotopic (exact) mass is 329 g/mol. The van der Waals surface area contributed by atoms with Gasteiger partial charge in [-0.3, -0.25) is 4.79 Å². The number of aliphatic hydroxyl groups excluding tert-OH is 1. The third-order valence-electron chi connectivity index (χ3n) is 3.59. The molecule has 0 radical (unpaired) electrons. The number of rotatable bonds is 8. The highest BCUT2D eigenvalue weighted by Crippen LogP contribution is 2.28. The van der Waals surface area contributed by atoms with Gasteiger partial charge < -0.3 is 19.9 Å². The molecule has 0 saturated heterocycles. The second-order valence-corrected chi connectivity index (χ2v) is 5.63. The molecule has 0 aliphatic carbocycles. The summed E-state index contributed by atoms with van der Waals surface area (Å²) in [5, 5.41) is 13.2. The van der Waals surface area contributed by atoms with Gasteiger partial charge in [0.15, 0.2) is 17.3 Å². The molecule has 0 bridgehead atoms. The van der Waals surface area contributed by atoms with E-state index in [0.717, 1.165) is 5.69 Å². The van der Waals surface area contributed by atoms with E-state index in [2.05, 4.69) is 5.32 Å². The number of Topliss-reactive ketones (excluding diaryl/α,β-unsaturated/α-hetero) is 1. The first-order chi connectivity index (χ1) is 11.5. The van der Waals surface area contributed by atoms with E-state index in [4.69, 9.17) is 9.47 Å². The quantitative estimate of drug-likeness (QED) is 0.729. The summed E-state index contributed by atoms with van der Waals surface area (Å²) in [6.45, 7) is 4.01. The second-order valence-electron chi connectivity index (χ2n) is 5.63. The fourth-order valence-electron chi connectivity index (χ4n) is 2.16. The highest BCUT2D eigenvalue weighted by atomic mass is 16.5. The molecule has 24 heavy (non-hydrogen) atoms. The van der Waals surface area contributed by atoms with E-state index in [1.165, 1.54) is 19.6 Å². The number of ketones is 1. The Morgan fingerprint density at radius 2 is 1.88 bits per heavy atom. The summed E-state index contributed by atoms with van der Waals surface area (Å²) in [6.07, 6.45) is -0.677. The lowest BCUT2D eigenvalue weighted by molar-refractivity contribution is 0.101. The van der Waals surface area contributed by atoms with Crippen LogP contribution in [0, 0.1) is 6.92 Å². The molecular weight excluding hydrogens is 306 g/mol. The highest BCUT2D eigenvalue weighted by molar-refractivity contribution is 5.94. The number of hydrogen-bond acceptors (Lipinski definition) is 5. The van der Waals surface area contributed by atoms with E-state index in [1.54, 1.807) is 18.2 Å². The molecular formula is C19H23NO4. The van der Waals surface area contributed by atoms with Crippen molar-refractivity contribution in [3.63, 3.8) is 0 Å². The van der Waals surface area contributed by atoms with Gasteiger partial charge in [0.05, 0.1) is 7.11 Å². The van der Waals surface area contributed by atoms with Gasteiger partial charge in [-0.1, -0.05) is 17.7 Å². The number of aliphatic hydroxyl groups is 1. The van der Waals surface area contributed by atoms with E-state index in [0.29, 0.717) is 23.6 Å². The lowest BCUT2D eigenvalue weighted by Gasteiger charge is -2.16. The largest absolute Gasteiger partial charge is 0.493 e. The number of aryl methyl sites for hydroxylation is 1. The number of anilines is 1. The zero-order valence-electron chi connectivity index (χ0n) is 14.2. The van der Waals surface area contributed by atoms with Crippen LogP contribution in [0.1, 0.15) is 22.8 Å². The van der Waals surface area contributed by atoms with E-state index in [-0.39, 0.29) is 12.4 Å². The summed E-state index contributed by atoms with van der Waals surface area (Å²) < 4.78 is 10.8. The van der Waals surface area contributed by atoms with Gasteiger partial charge in [-0.25, -0.2) is 0 Å². The van der Waals surface area contributed by atoms with Crippen LogP contribution in [0.4, 0.5) is 5.69 Å². The molecule has 0 fully saturated rings. The molecule has 0 spiro atoms. The van der Waals surface area contributed by atoms with Crippen LogP contribution in [-0.2, 0) is 0 Å². The van der Waals surface area contributed by atoms with Crippen LogP contribution in [0.2, 0.25) is 0 Å². The number of carbonyl (C=O) groups is 1. The molecule has 2 rings (SSSR count). The third-order valence-corrected chi connectivity index (χ3v) is 3.59. The fourth-order valence-corrected chi connectivity index (χ4v) is 2.16. The number of ether oxygens (including phenoxy) is 2. The van der Waals surface area contributed by atoms with Crippen molar-refractivity contribution >= 4 is 11.5 Å². The van der Waals surface area contributed by atoms with Crippen molar-refractivity contribution in [3.8, 4) is 11.5 Å². The summed E-state index contributed by atoms with van der Waals surface area (Å²) in [7, 11) is 1.52. The van der Waals surface area contributed by atoms with Gasteiger partial charge in [0.2, 0.25) is 0 Å². The van der Waals surface area contributed by atoms with Crippen molar-refractivity contribution in [2.24, 2.45) is 0 Å². The van der Waals surface area contributed by atoms with Crippen LogP contribution >= 0.6 is 0 Å². The van der Waals surface area contributed by atoms with E-state index in [1.807, 2.05) is 31.2 Å². The summed E-state index contributed by atoms with van der Waals surface area (Å²) >= 11 is 0. The maximum Gasteiger partial charge on any atom is 0.161 e.